The Morgan fingerprint density at radius 3 is 2.23 bits per heavy atom. The summed E-state index contributed by atoms with van der Waals surface area (Å²) < 4.78 is 51.3. The molecule has 2 aromatic rings. The van der Waals surface area contributed by atoms with Crippen molar-refractivity contribution in [2.75, 3.05) is 0 Å². The highest BCUT2D eigenvalue weighted by Crippen LogP contribution is 2.58. The SMILES string of the molecule is C[C@H]1/C(=C\C(=O)OCc2ccccc2)OC1(c1ccccc1)C(F)(F)F. The van der Waals surface area contributed by atoms with E-state index in [0.29, 0.717) is 0 Å². The van der Waals surface area contributed by atoms with E-state index in [4.69, 9.17) is 9.47 Å². The number of esters is 1. The van der Waals surface area contributed by atoms with Crippen LogP contribution in [0.2, 0.25) is 0 Å². The van der Waals surface area contributed by atoms with Crippen LogP contribution in [-0.4, -0.2) is 12.1 Å². The third kappa shape index (κ3) is 3.19. The highest BCUT2D eigenvalue weighted by Gasteiger charge is 2.69. The molecule has 3 nitrogen and oxygen atoms in total. The molecule has 1 aliphatic rings. The van der Waals surface area contributed by atoms with E-state index in [2.05, 4.69) is 0 Å². The van der Waals surface area contributed by atoms with Crippen LogP contribution in [0.15, 0.2) is 72.5 Å². The molecular formula is C20H17F3O3. The molecule has 1 saturated heterocycles. The minimum absolute atomic E-state index is 0.00908. The van der Waals surface area contributed by atoms with Crippen molar-refractivity contribution in [3.63, 3.8) is 0 Å². The molecule has 26 heavy (non-hydrogen) atoms. The molecule has 0 amide bonds. The van der Waals surface area contributed by atoms with Gasteiger partial charge in [-0.3, -0.25) is 0 Å². The highest BCUT2D eigenvalue weighted by atomic mass is 19.4. The van der Waals surface area contributed by atoms with Crippen molar-refractivity contribution in [2.45, 2.75) is 25.3 Å². The molecular weight excluding hydrogens is 345 g/mol. The predicted octanol–water partition coefficient (Wildman–Crippen LogP) is 4.74. The van der Waals surface area contributed by atoms with E-state index in [0.717, 1.165) is 11.6 Å². The molecule has 2 aromatic carbocycles. The third-order valence-corrected chi connectivity index (χ3v) is 4.42. The second kappa shape index (κ2) is 6.86. The summed E-state index contributed by atoms with van der Waals surface area (Å²) in [5, 5.41) is 0. The fourth-order valence-electron chi connectivity index (χ4n) is 3.01. The van der Waals surface area contributed by atoms with Crippen molar-refractivity contribution >= 4 is 5.97 Å². The van der Waals surface area contributed by atoms with Crippen LogP contribution >= 0.6 is 0 Å². The van der Waals surface area contributed by atoms with E-state index in [1.54, 1.807) is 30.3 Å². The minimum Gasteiger partial charge on any atom is -0.476 e. The Morgan fingerprint density at radius 1 is 1.12 bits per heavy atom. The summed E-state index contributed by atoms with van der Waals surface area (Å²) in [5.74, 6) is -1.81. The van der Waals surface area contributed by atoms with Gasteiger partial charge in [0, 0.05) is 5.56 Å². The van der Waals surface area contributed by atoms with Gasteiger partial charge in [0.2, 0.25) is 5.60 Å². The number of halogens is 3. The van der Waals surface area contributed by atoms with Gasteiger partial charge >= 0.3 is 12.1 Å². The van der Waals surface area contributed by atoms with Crippen LogP contribution in [0.25, 0.3) is 0 Å². The van der Waals surface area contributed by atoms with Crippen LogP contribution in [0.5, 0.6) is 0 Å². The Hall–Kier alpha value is -2.76. The molecule has 0 radical (unpaired) electrons. The average Bonchev–Trinajstić information content (AvgIpc) is 2.63. The quantitative estimate of drug-likeness (QED) is 0.582. The molecule has 136 valence electrons. The first-order valence-electron chi connectivity index (χ1n) is 8.08. The van der Waals surface area contributed by atoms with E-state index in [1.165, 1.54) is 31.2 Å². The maximum absolute atomic E-state index is 13.7. The van der Waals surface area contributed by atoms with Gasteiger partial charge in [0.15, 0.2) is 0 Å². The zero-order valence-electron chi connectivity index (χ0n) is 14.0. The monoisotopic (exact) mass is 362 g/mol. The van der Waals surface area contributed by atoms with Gasteiger partial charge in [0.25, 0.3) is 0 Å². The van der Waals surface area contributed by atoms with E-state index in [-0.39, 0.29) is 17.9 Å². The molecule has 1 unspecified atom stereocenters. The summed E-state index contributed by atoms with van der Waals surface area (Å²) in [4.78, 5) is 11.9. The lowest BCUT2D eigenvalue weighted by Crippen LogP contribution is -2.58. The topological polar surface area (TPSA) is 35.5 Å². The highest BCUT2D eigenvalue weighted by molar-refractivity contribution is 5.82. The van der Waals surface area contributed by atoms with Gasteiger partial charge in [-0.05, 0) is 5.56 Å². The summed E-state index contributed by atoms with van der Waals surface area (Å²) in [7, 11) is 0. The summed E-state index contributed by atoms with van der Waals surface area (Å²) in [6.45, 7) is 1.43. The normalized spacial score (nSPS) is 23.8. The van der Waals surface area contributed by atoms with Gasteiger partial charge in [-0.15, -0.1) is 0 Å². The van der Waals surface area contributed by atoms with Crippen molar-refractivity contribution in [3.05, 3.63) is 83.6 Å². The van der Waals surface area contributed by atoms with Crippen molar-refractivity contribution in [1.82, 2.24) is 0 Å². The Bertz CT molecular complexity index is 800. The molecule has 6 heteroatoms. The molecule has 3 rings (SSSR count). The zero-order chi connectivity index (χ0) is 18.8. The maximum atomic E-state index is 13.7. The molecule has 1 heterocycles. The Balaban J connectivity index is 1.74. The lowest BCUT2D eigenvalue weighted by Gasteiger charge is -2.50. The smallest absolute Gasteiger partial charge is 0.433 e. The van der Waals surface area contributed by atoms with Crippen LogP contribution in [0.1, 0.15) is 18.1 Å². The molecule has 0 N–H and O–H groups in total. The number of carbonyl (C=O) groups excluding carboxylic acids is 1. The molecule has 0 saturated carbocycles. The standard InChI is InChI=1S/C20H17F3O3/c1-14-17(12-18(24)25-13-15-8-4-2-5-9-15)26-19(14,20(21,22)23)16-10-6-3-7-11-16/h2-12,14H,13H2,1H3/b17-12+/t14-,19?/m0/s1. The van der Waals surface area contributed by atoms with Gasteiger partial charge in [-0.2, -0.15) is 13.2 Å². The fourth-order valence-corrected chi connectivity index (χ4v) is 3.01. The van der Waals surface area contributed by atoms with Crippen molar-refractivity contribution in [2.24, 2.45) is 5.92 Å². The molecule has 0 spiro atoms. The number of ether oxygens (including phenoxy) is 2. The van der Waals surface area contributed by atoms with Crippen LogP contribution in [-0.2, 0) is 26.5 Å². The lowest BCUT2D eigenvalue weighted by molar-refractivity contribution is -0.332. The van der Waals surface area contributed by atoms with Crippen molar-refractivity contribution in [1.29, 1.82) is 0 Å². The minimum atomic E-state index is -4.61. The second-order valence-corrected chi connectivity index (χ2v) is 6.06. The van der Waals surface area contributed by atoms with Gasteiger partial charge in [0.1, 0.15) is 12.4 Å². The molecule has 0 bridgehead atoms. The number of hydrogen-bond donors (Lipinski definition) is 0. The van der Waals surface area contributed by atoms with E-state index in [9.17, 15) is 18.0 Å². The molecule has 0 aliphatic carbocycles. The van der Waals surface area contributed by atoms with E-state index in [1.807, 2.05) is 6.07 Å². The fraction of sp³-hybridized carbons (Fsp3) is 0.250. The Kier molecular flexibility index (Phi) is 4.76. The molecule has 2 atom stereocenters. The van der Waals surface area contributed by atoms with Crippen LogP contribution < -0.4 is 0 Å². The van der Waals surface area contributed by atoms with E-state index < -0.39 is 23.7 Å². The number of benzene rings is 2. The van der Waals surface area contributed by atoms with Crippen molar-refractivity contribution in [3.8, 4) is 0 Å². The van der Waals surface area contributed by atoms with Crippen LogP contribution in [0.4, 0.5) is 13.2 Å². The summed E-state index contributed by atoms with van der Waals surface area (Å²) in [6.07, 6.45) is -3.63. The van der Waals surface area contributed by atoms with Crippen molar-refractivity contribution < 1.29 is 27.4 Å². The second-order valence-electron chi connectivity index (χ2n) is 6.06. The molecule has 1 fully saturated rings. The van der Waals surface area contributed by atoms with Gasteiger partial charge < -0.3 is 9.47 Å². The Morgan fingerprint density at radius 2 is 1.69 bits per heavy atom. The number of carbonyl (C=O) groups is 1. The van der Waals surface area contributed by atoms with Crippen LogP contribution in [0.3, 0.4) is 0 Å². The zero-order valence-corrected chi connectivity index (χ0v) is 14.0. The molecule has 1 aliphatic heterocycles. The molecule has 0 aromatic heterocycles. The summed E-state index contributed by atoms with van der Waals surface area (Å²) in [6, 6.07) is 16.4. The first kappa shape index (κ1) is 18.0. The first-order valence-corrected chi connectivity index (χ1v) is 8.08. The summed E-state index contributed by atoms with van der Waals surface area (Å²) >= 11 is 0. The number of hydrogen-bond acceptors (Lipinski definition) is 3. The van der Waals surface area contributed by atoms with Crippen LogP contribution in [0, 0.1) is 5.92 Å². The number of alkyl halides is 3. The maximum Gasteiger partial charge on any atom is 0.433 e. The average molecular weight is 362 g/mol. The lowest BCUT2D eigenvalue weighted by atomic mass is 9.75. The third-order valence-electron chi connectivity index (χ3n) is 4.42. The Labute approximate surface area is 149 Å². The first-order chi connectivity index (χ1) is 12.3. The van der Waals surface area contributed by atoms with Gasteiger partial charge in [-0.25, -0.2) is 4.79 Å². The summed E-state index contributed by atoms with van der Waals surface area (Å²) in [5.41, 5.74) is -1.65. The van der Waals surface area contributed by atoms with Gasteiger partial charge in [0.05, 0.1) is 12.0 Å². The largest absolute Gasteiger partial charge is 0.476 e. The predicted molar refractivity (Wildman–Crippen MR) is 88.7 cm³/mol. The number of rotatable bonds is 4. The van der Waals surface area contributed by atoms with Gasteiger partial charge in [-0.1, -0.05) is 67.6 Å². The van der Waals surface area contributed by atoms with E-state index >= 15 is 0 Å².